The zero-order valence-electron chi connectivity index (χ0n) is 10.4. The Kier molecular flexibility index (Phi) is 4.87. The van der Waals surface area contributed by atoms with Crippen LogP contribution in [0.1, 0.15) is 27.0 Å². The number of benzene rings is 1. The molecule has 0 spiro atoms. The second-order valence-electron chi connectivity index (χ2n) is 3.87. The molecule has 1 heterocycles. The van der Waals surface area contributed by atoms with E-state index in [9.17, 15) is 4.79 Å². The second kappa shape index (κ2) is 6.63. The zero-order valence-corrected chi connectivity index (χ0v) is 12.8. The maximum absolute atomic E-state index is 11.8. The number of hydrogen-bond donors (Lipinski definition) is 1. The van der Waals surface area contributed by atoms with Crippen molar-refractivity contribution in [2.24, 2.45) is 5.10 Å². The molecule has 0 aliphatic rings. The van der Waals surface area contributed by atoms with Gasteiger partial charge < -0.3 is 0 Å². The number of carbonyl (C=O) groups excluding carboxylic acids is 1. The number of halogens is 1. The summed E-state index contributed by atoms with van der Waals surface area (Å²) in [7, 11) is 0. The van der Waals surface area contributed by atoms with E-state index in [1.807, 2.05) is 18.2 Å². The lowest BCUT2D eigenvalue weighted by Gasteiger charge is -1.99. The van der Waals surface area contributed by atoms with Gasteiger partial charge in [0.1, 0.15) is 0 Å². The molecule has 2 rings (SSSR count). The molecule has 0 aliphatic carbocycles. The van der Waals surface area contributed by atoms with Gasteiger partial charge in [0.2, 0.25) is 0 Å². The van der Waals surface area contributed by atoms with Crippen molar-refractivity contribution in [2.45, 2.75) is 13.3 Å². The lowest BCUT2D eigenvalue weighted by molar-refractivity contribution is 0.0955. The molecule has 19 heavy (non-hydrogen) atoms. The van der Waals surface area contributed by atoms with Crippen molar-refractivity contribution in [2.75, 3.05) is 0 Å². The lowest BCUT2D eigenvalue weighted by Crippen LogP contribution is -2.17. The Morgan fingerprint density at radius 1 is 1.42 bits per heavy atom. The predicted octanol–water partition coefficient (Wildman–Crippen LogP) is 3.84. The van der Waals surface area contributed by atoms with Crippen molar-refractivity contribution >= 4 is 39.4 Å². The van der Waals surface area contributed by atoms with Crippen LogP contribution in [0, 0.1) is 0 Å². The summed E-state index contributed by atoms with van der Waals surface area (Å²) in [5.74, 6) is -0.218. The Hall–Kier alpha value is -1.46. The van der Waals surface area contributed by atoms with Crippen LogP contribution in [0.4, 0.5) is 0 Å². The van der Waals surface area contributed by atoms with Gasteiger partial charge in [-0.25, -0.2) is 5.43 Å². The summed E-state index contributed by atoms with van der Waals surface area (Å²) in [6, 6.07) is 11.3. The maximum atomic E-state index is 11.8. The number of nitrogens with one attached hydrogen (secondary N) is 1. The monoisotopic (exact) mass is 336 g/mol. The zero-order chi connectivity index (χ0) is 13.7. The molecule has 3 nitrogen and oxygen atoms in total. The molecular weight excluding hydrogens is 324 g/mol. The Morgan fingerprint density at radius 3 is 2.95 bits per heavy atom. The number of aryl methyl sites for hydroxylation is 1. The molecule has 0 saturated carbocycles. The number of thiophene rings is 1. The second-order valence-corrected chi connectivity index (χ2v) is 5.98. The van der Waals surface area contributed by atoms with Crippen LogP contribution in [0.3, 0.4) is 0 Å². The van der Waals surface area contributed by atoms with Crippen molar-refractivity contribution in [1.82, 2.24) is 5.43 Å². The van der Waals surface area contributed by atoms with Crippen molar-refractivity contribution in [1.29, 1.82) is 0 Å². The minimum absolute atomic E-state index is 0.218. The molecule has 0 bridgehead atoms. The summed E-state index contributed by atoms with van der Waals surface area (Å²) in [6.07, 6.45) is 2.68. The summed E-state index contributed by atoms with van der Waals surface area (Å²) in [6.45, 7) is 2.11. The molecule has 0 aliphatic heterocycles. The van der Waals surface area contributed by atoms with Gasteiger partial charge in [0.25, 0.3) is 5.91 Å². The number of hydrogen-bond acceptors (Lipinski definition) is 3. The SMILES string of the molecule is CCc1ccc(C=NNC(=O)c2cccc(Br)c2)s1. The Bertz CT molecular complexity index is 607. The number of amides is 1. The smallest absolute Gasteiger partial charge is 0.267 e. The normalized spacial score (nSPS) is 10.8. The minimum Gasteiger partial charge on any atom is -0.267 e. The lowest BCUT2D eigenvalue weighted by atomic mass is 10.2. The van der Waals surface area contributed by atoms with Crippen LogP contribution in [0.25, 0.3) is 0 Å². The maximum Gasteiger partial charge on any atom is 0.271 e. The van der Waals surface area contributed by atoms with E-state index in [1.54, 1.807) is 29.7 Å². The molecule has 0 fully saturated rings. The van der Waals surface area contributed by atoms with E-state index in [4.69, 9.17) is 0 Å². The summed E-state index contributed by atoms with van der Waals surface area (Å²) < 4.78 is 0.870. The molecule has 0 atom stereocenters. The van der Waals surface area contributed by atoms with Gasteiger partial charge in [-0.05, 0) is 36.8 Å². The number of rotatable bonds is 4. The average molecular weight is 337 g/mol. The minimum atomic E-state index is -0.218. The molecule has 98 valence electrons. The Balaban J connectivity index is 1.96. The van der Waals surface area contributed by atoms with Gasteiger partial charge in [0.15, 0.2) is 0 Å². The van der Waals surface area contributed by atoms with E-state index < -0.39 is 0 Å². The third-order valence-corrected chi connectivity index (χ3v) is 4.13. The highest BCUT2D eigenvalue weighted by molar-refractivity contribution is 9.10. The van der Waals surface area contributed by atoms with Gasteiger partial charge in [-0.3, -0.25) is 4.79 Å². The third-order valence-electron chi connectivity index (χ3n) is 2.48. The molecule has 0 unspecified atom stereocenters. The highest BCUT2D eigenvalue weighted by Gasteiger charge is 2.03. The van der Waals surface area contributed by atoms with Crippen molar-refractivity contribution in [3.63, 3.8) is 0 Å². The van der Waals surface area contributed by atoms with E-state index >= 15 is 0 Å². The van der Waals surface area contributed by atoms with Gasteiger partial charge in [0.05, 0.1) is 6.21 Å². The fraction of sp³-hybridized carbons (Fsp3) is 0.143. The van der Waals surface area contributed by atoms with Gasteiger partial charge in [0, 0.05) is 19.8 Å². The molecule has 5 heteroatoms. The van der Waals surface area contributed by atoms with Gasteiger partial charge in [-0.2, -0.15) is 5.10 Å². The van der Waals surface area contributed by atoms with Crippen LogP contribution in [-0.2, 0) is 6.42 Å². The average Bonchev–Trinajstić information content (AvgIpc) is 2.86. The molecule has 2 aromatic rings. The molecule has 1 aromatic heterocycles. The first-order chi connectivity index (χ1) is 9.19. The predicted molar refractivity (Wildman–Crippen MR) is 82.9 cm³/mol. The number of carbonyl (C=O) groups is 1. The summed E-state index contributed by atoms with van der Waals surface area (Å²) in [5.41, 5.74) is 3.09. The summed E-state index contributed by atoms with van der Waals surface area (Å²) in [5, 5.41) is 3.97. The van der Waals surface area contributed by atoms with Gasteiger partial charge >= 0.3 is 0 Å². The Morgan fingerprint density at radius 2 is 2.26 bits per heavy atom. The number of nitrogens with zero attached hydrogens (tertiary/aromatic N) is 1. The van der Waals surface area contributed by atoms with Crippen LogP contribution in [0.5, 0.6) is 0 Å². The van der Waals surface area contributed by atoms with E-state index in [0.29, 0.717) is 5.56 Å². The highest BCUT2D eigenvalue weighted by Crippen LogP contribution is 2.14. The van der Waals surface area contributed by atoms with E-state index in [2.05, 4.69) is 39.4 Å². The van der Waals surface area contributed by atoms with Gasteiger partial charge in [-0.1, -0.05) is 28.9 Å². The highest BCUT2D eigenvalue weighted by atomic mass is 79.9. The van der Waals surface area contributed by atoms with Crippen molar-refractivity contribution in [3.8, 4) is 0 Å². The van der Waals surface area contributed by atoms with E-state index in [-0.39, 0.29) is 5.91 Å². The number of hydrazone groups is 1. The van der Waals surface area contributed by atoms with Crippen LogP contribution < -0.4 is 5.43 Å². The molecular formula is C14H13BrN2OS. The van der Waals surface area contributed by atoms with Crippen molar-refractivity contribution in [3.05, 3.63) is 56.2 Å². The standard InChI is InChI=1S/C14H13BrN2OS/c1-2-12-6-7-13(19-12)9-16-17-14(18)10-4-3-5-11(15)8-10/h3-9H,2H2,1H3,(H,17,18). The first-order valence-electron chi connectivity index (χ1n) is 5.86. The molecule has 0 saturated heterocycles. The van der Waals surface area contributed by atoms with E-state index in [1.165, 1.54) is 4.88 Å². The fourth-order valence-corrected chi connectivity index (χ4v) is 2.73. The fourth-order valence-electron chi connectivity index (χ4n) is 1.50. The topological polar surface area (TPSA) is 41.5 Å². The first kappa shape index (κ1) is 14.0. The molecule has 1 N–H and O–H groups in total. The molecule has 1 aromatic carbocycles. The Labute approximate surface area is 124 Å². The van der Waals surface area contributed by atoms with Crippen molar-refractivity contribution < 1.29 is 4.79 Å². The summed E-state index contributed by atoms with van der Waals surface area (Å²) >= 11 is 5.00. The third kappa shape index (κ3) is 4.01. The van der Waals surface area contributed by atoms with Crippen LogP contribution >= 0.6 is 27.3 Å². The largest absolute Gasteiger partial charge is 0.271 e. The molecule has 0 radical (unpaired) electrons. The van der Waals surface area contributed by atoms with Crippen LogP contribution in [-0.4, -0.2) is 12.1 Å². The first-order valence-corrected chi connectivity index (χ1v) is 7.47. The quantitative estimate of drug-likeness (QED) is 0.668. The van der Waals surface area contributed by atoms with Gasteiger partial charge in [-0.15, -0.1) is 11.3 Å². The molecule has 1 amide bonds. The van der Waals surface area contributed by atoms with E-state index in [0.717, 1.165) is 15.8 Å². The van der Waals surface area contributed by atoms with Crippen LogP contribution in [0.2, 0.25) is 0 Å². The van der Waals surface area contributed by atoms with Crippen LogP contribution in [0.15, 0.2) is 46.0 Å². The summed E-state index contributed by atoms with van der Waals surface area (Å²) in [4.78, 5) is 14.1.